The standard InChI is InChI=1S/C34H38N4O4/c39-34(42-30-23-40-33(41-24-30)28-9-5-2-6-10-28)37-19-17-36(18-20-37)31-15-16-35-38-22-29(21-32(31)38)27-13-11-26(12-14-27)25-7-3-1-4-8-25/h2,5-6,9-16,21-22,25,30,33H,1,3-4,7-8,17-20,23-24H2. The van der Waals surface area contributed by atoms with Gasteiger partial charge in [-0.3, -0.25) is 0 Å². The minimum Gasteiger partial charge on any atom is -0.441 e. The molecule has 0 bridgehead atoms. The van der Waals surface area contributed by atoms with E-state index in [-0.39, 0.29) is 6.09 Å². The Balaban J connectivity index is 0.955. The highest BCUT2D eigenvalue weighted by molar-refractivity contribution is 5.80. The molecule has 1 aliphatic carbocycles. The Bertz CT molecular complexity index is 1480. The Morgan fingerprint density at radius 2 is 1.55 bits per heavy atom. The molecule has 2 aliphatic heterocycles. The molecule has 2 aromatic heterocycles. The van der Waals surface area contributed by atoms with Crippen LogP contribution in [0.1, 0.15) is 55.4 Å². The molecule has 0 radical (unpaired) electrons. The molecule has 3 fully saturated rings. The molecule has 4 heterocycles. The maximum atomic E-state index is 12.9. The summed E-state index contributed by atoms with van der Waals surface area (Å²) in [4.78, 5) is 17.0. The molecular formula is C34H38N4O4. The molecule has 2 aromatic carbocycles. The molecule has 4 aromatic rings. The predicted octanol–water partition coefficient (Wildman–Crippen LogP) is 6.42. The van der Waals surface area contributed by atoms with Crippen LogP contribution in [0.5, 0.6) is 0 Å². The molecule has 0 atom stereocenters. The van der Waals surface area contributed by atoms with Gasteiger partial charge in [-0.15, -0.1) is 0 Å². The normalized spacial score (nSPS) is 21.9. The first-order valence-electron chi connectivity index (χ1n) is 15.3. The highest BCUT2D eigenvalue weighted by Gasteiger charge is 2.30. The average molecular weight is 567 g/mol. The Hall–Kier alpha value is -3.88. The fourth-order valence-corrected chi connectivity index (χ4v) is 6.51. The van der Waals surface area contributed by atoms with E-state index >= 15 is 0 Å². The topological polar surface area (TPSA) is 68.5 Å². The third kappa shape index (κ3) is 5.74. The van der Waals surface area contributed by atoms with E-state index < -0.39 is 12.4 Å². The number of piperazine rings is 1. The lowest BCUT2D eigenvalue weighted by Crippen LogP contribution is -2.50. The molecule has 42 heavy (non-hydrogen) atoms. The van der Waals surface area contributed by atoms with E-state index in [4.69, 9.17) is 14.2 Å². The lowest BCUT2D eigenvalue weighted by atomic mass is 9.84. The number of aromatic nitrogens is 2. The number of fused-ring (bicyclic) bond motifs is 1. The number of hydrogen-bond acceptors (Lipinski definition) is 6. The summed E-state index contributed by atoms with van der Waals surface area (Å²) in [6, 6.07) is 23.2. The highest BCUT2D eigenvalue weighted by Crippen LogP contribution is 2.34. The van der Waals surface area contributed by atoms with Crippen molar-refractivity contribution in [1.82, 2.24) is 14.5 Å². The van der Waals surface area contributed by atoms with Crippen LogP contribution in [0, 0.1) is 0 Å². The minimum atomic E-state index is -0.419. The number of rotatable bonds is 5. The van der Waals surface area contributed by atoms with E-state index in [1.54, 1.807) is 4.90 Å². The molecule has 3 aliphatic rings. The van der Waals surface area contributed by atoms with Crippen LogP contribution in [0.4, 0.5) is 10.5 Å². The quantitative estimate of drug-likeness (QED) is 0.278. The zero-order valence-electron chi connectivity index (χ0n) is 23.9. The van der Waals surface area contributed by atoms with Gasteiger partial charge in [-0.2, -0.15) is 5.10 Å². The van der Waals surface area contributed by atoms with Crippen molar-refractivity contribution < 1.29 is 19.0 Å². The summed E-state index contributed by atoms with van der Waals surface area (Å²) in [5.74, 6) is 0.710. The molecule has 0 N–H and O–H groups in total. The van der Waals surface area contributed by atoms with Crippen molar-refractivity contribution in [1.29, 1.82) is 0 Å². The molecular weight excluding hydrogens is 528 g/mol. The maximum Gasteiger partial charge on any atom is 0.410 e. The van der Waals surface area contributed by atoms with Gasteiger partial charge in [0.25, 0.3) is 0 Å². The van der Waals surface area contributed by atoms with Gasteiger partial charge in [-0.05, 0) is 42.0 Å². The number of ether oxygens (including phenoxy) is 3. The summed E-state index contributed by atoms with van der Waals surface area (Å²) in [7, 11) is 0. The second-order valence-corrected chi connectivity index (χ2v) is 11.6. The monoisotopic (exact) mass is 566 g/mol. The number of amides is 1. The van der Waals surface area contributed by atoms with Gasteiger partial charge in [-0.25, -0.2) is 9.31 Å². The van der Waals surface area contributed by atoms with Crippen LogP contribution in [0.15, 0.2) is 79.1 Å². The molecule has 0 spiro atoms. The van der Waals surface area contributed by atoms with Gasteiger partial charge in [0, 0.05) is 49.7 Å². The van der Waals surface area contributed by atoms with Gasteiger partial charge in [0.05, 0.1) is 24.4 Å². The molecule has 218 valence electrons. The van der Waals surface area contributed by atoms with Crippen LogP contribution in [-0.4, -0.2) is 66.1 Å². The first kappa shape index (κ1) is 27.0. The minimum absolute atomic E-state index is 0.313. The second-order valence-electron chi connectivity index (χ2n) is 11.6. The molecule has 1 saturated carbocycles. The van der Waals surface area contributed by atoms with E-state index in [9.17, 15) is 4.79 Å². The predicted molar refractivity (Wildman–Crippen MR) is 162 cm³/mol. The summed E-state index contributed by atoms with van der Waals surface area (Å²) < 4.78 is 19.3. The van der Waals surface area contributed by atoms with Crippen LogP contribution < -0.4 is 4.90 Å². The first-order chi connectivity index (χ1) is 20.7. The van der Waals surface area contributed by atoms with Crippen LogP contribution in [0.25, 0.3) is 16.6 Å². The zero-order valence-corrected chi connectivity index (χ0v) is 23.9. The first-order valence-corrected chi connectivity index (χ1v) is 15.3. The Morgan fingerprint density at radius 1 is 0.810 bits per heavy atom. The van der Waals surface area contributed by atoms with Crippen molar-refractivity contribution in [2.45, 2.75) is 50.4 Å². The largest absolute Gasteiger partial charge is 0.441 e. The van der Waals surface area contributed by atoms with Crippen molar-refractivity contribution in [3.63, 3.8) is 0 Å². The molecule has 7 rings (SSSR count). The average Bonchev–Trinajstić information content (AvgIpc) is 3.51. The number of anilines is 1. The Labute approximate surface area is 246 Å². The van der Waals surface area contributed by atoms with Crippen LogP contribution >= 0.6 is 0 Å². The maximum absolute atomic E-state index is 12.9. The van der Waals surface area contributed by atoms with Crippen molar-refractivity contribution in [2.24, 2.45) is 0 Å². The zero-order chi connectivity index (χ0) is 28.3. The summed E-state index contributed by atoms with van der Waals surface area (Å²) in [6.07, 6.45) is 9.52. The number of carbonyl (C=O) groups is 1. The molecule has 8 heteroatoms. The van der Waals surface area contributed by atoms with Crippen LogP contribution in [0.2, 0.25) is 0 Å². The highest BCUT2D eigenvalue weighted by atomic mass is 16.7. The molecule has 2 saturated heterocycles. The SMILES string of the molecule is O=C(OC1COC(c2ccccc2)OC1)N1CCN(c2ccnn3cc(-c4ccc(C5CCCCC5)cc4)cc23)CC1. The van der Waals surface area contributed by atoms with Crippen molar-refractivity contribution in [2.75, 3.05) is 44.3 Å². The fourth-order valence-electron chi connectivity index (χ4n) is 6.51. The van der Waals surface area contributed by atoms with Crippen LogP contribution in [0.3, 0.4) is 0 Å². The van der Waals surface area contributed by atoms with Crippen molar-refractivity contribution in [3.8, 4) is 11.1 Å². The van der Waals surface area contributed by atoms with E-state index in [1.807, 2.05) is 41.0 Å². The van der Waals surface area contributed by atoms with E-state index in [0.717, 1.165) is 29.9 Å². The van der Waals surface area contributed by atoms with Gasteiger partial charge in [-0.1, -0.05) is 73.9 Å². The lowest BCUT2D eigenvalue weighted by molar-refractivity contribution is -0.221. The number of hydrogen-bond donors (Lipinski definition) is 0. The fraction of sp³-hybridized carbons (Fsp3) is 0.412. The van der Waals surface area contributed by atoms with Gasteiger partial charge < -0.3 is 24.0 Å². The summed E-state index contributed by atoms with van der Waals surface area (Å²) >= 11 is 0. The van der Waals surface area contributed by atoms with Gasteiger partial charge >= 0.3 is 6.09 Å². The summed E-state index contributed by atoms with van der Waals surface area (Å²) in [5.41, 5.74) is 7.01. The number of benzene rings is 2. The Morgan fingerprint density at radius 3 is 2.29 bits per heavy atom. The van der Waals surface area contributed by atoms with E-state index in [2.05, 4.69) is 52.6 Å². The molecule has 1 amide bonds. The van der Waals surface area contributed by atoms with Gasteiger partial charge in [0.1, 0.15) is 0 Å². The lowest BCUT2D eigenvalue weighted by Gasteiger charge is -2.37. The third-order valence-corrected chi connectivity index (χ3v) is 8.89. The van der Waals surface area contributed by atoms with Crippen molar-refractivity contribution >= 4 is 17.3 Å². The van der Waals surface area contributed by atoms with E-state index in [1.165, 1.54) is 48.8 Å². The summed E-state index contributed by atoms with van der Waals surface area (Å²) in [5, 5.41) is 4.59. The number of carbonyl (C=O) groups excluding carboxylic acids is 1. The van der Waals surface area contributed by atoms with Gasteiger partial charge in [0.2, 0.25) is 0 Å². The molecule has 8 nitrogen and oxygen atoms in total. The van der Waals surface area contributed by atoms with Crippen LogP contribution in [-0.2, 0) is 14.2 Å². The van der Waals surface area contributed by atoms with Crippen molar-refractivity contribution in [3.05, 3.63) is 90.3 Å². The van der Waals surface area contributed by atoms with E-state index in [0.29, 0.717) is 32.2 Å². The summed E-state index contributed by atoms with van der Waals surface area (Å²) in [6.45, 7) is 3.26. The third-order valence-electron chi connectivity index (χ3n) is 8.89. The van der Waals surface area contributed by atoms with Gasteiger partial charge in [0.15, 0.2) is 12.4 Å². The Kier molecular flexibility index (Phi) is 7.81. The molecule has 0 unspecified atom stereocenters. The smallest absolute Gasteiger partial charge is 0.410 e. The number of nitrogens with zero attached hydrogens (tertiary/aromatic N) is 4. The second kappa shape index (κ2) is 12.2.